The zero-order valence-corrected chi connectivity index (χ0v) is 8.08. The lowest BCUT2D eigenvalue weighted by Gasteiger charge is -2.06. The SMILES string of the molecule is O=C(O)c1ccoc1COCCC(F)(F)F. The van der Waals surface area contributed by atoms with Crippen molar-refractivity contribution in [3.63, 3.8) is 0 Å². The molecule has 0 aliphatic rings. The Morgan fingerprint density at radius 1 is 1.50 bits per heavy atom. The first-order valence-corrected chi connectivity index (χ1v) is 4.34. The van der Waals surface area contributed by atoms with Crippen molar-refractivity contribution in [1.82, 2.24) is 0 Å². The molecule has 1 heterocycles. The van der Waals surface area contributed by atoms with Gasteiger partial charge in [0.1, 0.15) is 17.9 Å². The molecule has 90 valence electrons. The van der Waals surface area contributed by atoms with Crippen molar-refractivity contribution in [2.24, 2.45) is 0 Å². The van der Waals surface area contributed by atoms with Gasteiger partial charge in [-0.25, -0.2) is 4.79 Å². The third kappa shape index (κ3) is 3.93. The third-order valence-electron chi connectivity index (χ3n) is 1.74. The van der Waals surface area contributed by atoms with Gasteiger partial charge in [0.2, 0.25) is 0 Å². The number of hydrogen-bond donors (Lipinski definition) is 1. The summed E-state index contributed by atoms with van der Waals surface area (Å²) in [4.78, 5) is 10.6. The molecule has 0 unspecified atom stereocenters. The van der Waals surface area contributed by atoms with Crippen LogP contribution in [0, 0.1) is 0 Å². The van der Waals surface area contributed by atoms with Crippen LogP contribution >= 0.6 is 0 Å². The summed E-state index contributed by atoms with van der Waals surface area (Å²) in [5.74, 6) is -1.20. The van der Waals surface area contributed by atoms with E-state index in [-0.39, 0.29) is 17.9 Å². The summed E-state index contributed by atoms with van der Waals surface area (Å²) in [5, 5.41) is 8.64. The van der Waals surface area contributed by atoms with Gasteiger partial charge in [-0.1, -0.05) is 0 Å². The van der Waals surface area contributed by atoms with Crippen molar-refractivity contribution in [3.8, 4) is 0 Å². The molecule has 0 spiro atoms. The number of carboxylic acids is 1. The van der Waals surface area contributed by atoms with E-state index in [0.717, 1.165) is 6.26 Å². The number of alkyl halides is 3. The van der Waals surface area contributed by atoms with Crippen LogP contribution in [0.25, 0.3) is 0 Å². The molecular weight excluding hydrogens is 229 g/mol. The lowest BCUT2D eigenvalue weighted by atomic mass is 10.2. The summed E-state index contributed by atoms with van der Waals surface area (Å²) in [6, 6.07) is 1.21. The lowest BCUT2D eigenvalue weighted by molar-refractivity contribution is -0.146. The summed E-state index contributed by atoms with van der Waals surface area (Å²) >= 11 is 0. The van der Waals surface area contributed by atoms with Gasteiger partial charge in [0, 0.05) is 0 Å². The Bertz CT molecular complexity index is 356. The van der Waals surface area contributed by atoms with Crippen molar-refractivity contribution in [1.29, 1.82) is 0 Å². The fraction of sp³-hybridized carbons (Fsp3) is 0.444. The van der Waals surface area contributed by atoms with E-state index in [2.05, 4.69) is 4.74 Å². The number of rotatable bonds is 5. The number of halogens is 3. The topological polar surface area (TPSA) is 59.7 Å². The molecule has 0 aromatic carbocycles. The van der Waals surface area contributed by atoms with Gasteiger partial charge < -0.3 is 14.3 Å². The molecule has 1 N–H and O–H groups in total. The maximum absolute atomic E-state index is 11.7. The standard InChI is InChI=1S/C9H9F3O4/c10-9(11,12)2-4-15-5-7-6(8(13)14)1-3-16-7/h1,3H,2,4-5H2,(H,13,14). The first-order chi connectivity index (χ1) is 7.40. The molecule has 1 aromatic heterocycles. The smallest absolute Gasteiger partial charge is 0.391 e. The predicted octanol–water partition coefficient (Wildman–Crippen LogP) is 2.45. The van der Waals surface area contributed by atoms with Crippen molar-refractivity contribution in [2.75, 3.05) is 6.61 Å². The Morgan fingerprint density at radius 3 is 2.75 bits per heavy atom. The van der Waals surface area contributed by atoms with Crippen LogP contribution in [0.1, 0.15) is 22.5 Å². The Balaban J connectivity index is 2.38. The van der Waals surface area contributed by atoms with E-state index < -0.39 is 25.2 Å². The monoisotopic (exact) mass is 238 g/mol. The highest BCUT2D eigenvalue weighted by Gasteiger charge is 2.26. The van der Waals surface area contributed by atoms with Gasteiger partial charge in [-0.05, 0) is 6.07 Å². The van der Waals surface area contributed by atoms with Crippen LogP contribution in [0.2, 0.25) is 0 Å². The largest absolute Gasteiger partial charge is 0.478 e. The third-order valence-corrected chi connectivity index (χ3v) is 1.74. The molecule has 1 rings (SSSR count). The lowest BCUT2D eigenvalue weighted by Crippen LogP contribution is -2.11. The summed E-state index contributed by atoms with van der Waals surface area (Å²) in [7, 11) is 0. The summed E-state index contributed by atoms with van der Waals surface area (Å²) in [6.07, 6.45) is -4.21. The number of ether oxygens (including phenoxy) is 1. The fourth-order valence-corrected chi connectivity index (χ4v) is 0.996. The van der Waals surface area contributed by atoms with Gasteiger partial charge in [0.15, 0.2) is 0 Å². The number of furan rings is 1. The summed E-state index contributed by atoms with van der Waals surface area (Å²) < 4.78 is 44.6. The highest BCUT2D eigenvalue weighted by molar-refractivity contribution is 5.88. The molecule has 0 fully saturated rings. The van der Waals surface area contributed by atoms with Crippen LogP contribution in [0.3, 0.4) is 0 Å². The minimum atomic E-state index is -4.28. The molecule has 1 aromatic rings. The van der Waals surface area contributed by atoms with Crippen LogP contribution in [-0.2, 0) is 11.3 Å². The zero-order chi connectivity index (χ0) is 12.2. The Labute approximate surface area is 88.6 Å². The quantitative estimate of drug-likeness (QED) is 0.800. The summed E-state index contributed by atoms with van der Waals surface area (Å²) in [5.41, 5.74) is -0.105. The summed E-state index contributed by atoms with van der Waals surface area (Å²) in [6.45, 7) is -0.812. The number of aromatic carboxylic acids is 1. The van der Waals surface area contributed by atoms with E-state index in [0.29, 0.717) is 0 Å². The van der Waals surface area contributed by atoms with E-state index in [1.807, 2.05) is 0 Å². The molecule has 0 radical (unpaired) electrons. The van der Waals surface area contributed by atoms with Gasteiger partial charge in [0.25, 0.3) is 0 Å². The van der Waals surface area contributed by atoms with Crippen molar-refractivity contribution in [3.05, 3.63) is 23.7 Å². The van der Waals surface area contributed by atoms with E-state index in [1.165, 1.54) is 6.07 Å². The van der Waals surface area contributed by atoms with Gasteiger partial charge in [0.05, 0.1) is 19.3 Å². The van der Waals surface area contributed by atoms with Crippen LogP contribution in [0.15, 0.2) is 16.7 Å². The molecule has 0 saturated heterocycles. The maximum Gasteiger partial charge on any atom is 0.391 e. The van der Waals surface area contributed by atoms with Crippen molar-refractivity contribution < 1.29 is 32.2 Å². The number of hydrogen-bond acceptors (Lipinski definition) is 3. The van der Waals surface area contributed by atoms with Crippen LogP contribution in [-0.4, -0.2) is 23.9 Å². The second-order valence-corrected chi connectivity index (χ2v) is 2.98. The normalized spacial score (nSPS) is 11.7. The van der Waals surface area contributed by atoms with E-state index in [4.69, 9.17) is 9.52 Å². The Morgan fingerprint density at radius 2 is 2.19 bits per heavy atom. The van der Waals surface area contributed by atoms with Crippen LogP contribution in [0.5, 0.6) is 0 Å². The van der Waals surface area contributed by atoms with Gasteiger partial charge in [-0.3, -0.25) is 0 Å². The molecule has 7 heteroatoms. The van der Waals surface area contributed by atoms with Gasteiger partial charge >= 0.3 is 12.1 Å². The fourth-order valence-electron chi connectivity index (χ4n) is 0.996. The number of carbonyl (C=O) groups is 1. The second-order valence-electron chi connectivity index (χ2n) is 2.98. The average Bonchev–Trinajstić information content (AvgIpc) is 2.58. The first kappa shape index (κ1) is 12.6. The van der Waals surface area contributed by atoms with Crippen molar-refractivity contribution in [2.45, 2.75) is 19.2 Å². The van der Waals surface area contributed by atoms with Gasteiger partial charge in [-0.2, -0.15) is 13.2 Å². The zero-order valence-electron chi connectivity index (χ0n) is 8.08. The highest BCUT2D eigenvalue weighted by Crippen LogP contribution is 2.19. The van der Waals surface area contributed by atoms with Crippen LogP contribution < -0.4 is 0 Å². The molecule has 0 amide bonds. The van der Waals surface area contributed by atoms with Crippen LogP contribution in [0.4, 0.5) is 13.2 Å². The Kier molecular flexibility index (Phi) is 3.94. The molecule has 0 atom stereocenters. The molecule has 0 aliphatic carbocycles. The van der Waals surface area contributed by atoms with Gasteiger partial charge in [-0.15, -0.1) is 0 Å². The molecule has 0 aliphatic heterocycles. The molecule has 4 nitrogen and oxygen atoms in total. The minimum Gasteiger partial charge on any atom is -0.478 e. The second kappa shape index (κ2) is 5.02. The predicted molar refractivity (Wildman–Crippen MR) is 46.0 cm³/mol. The van der Waals surface area contributed by atoms with E-state index >= 15 is 0 Å². The number of carboxylic acid groups (broad SMARTS) is 1. The van der Waals surface area contributed by atoms with Crippen molar-refractivity contribution >= 4 is 5.97 Å². The average molecular weight is 238 g/mol. The van der Waals surface area contributed by atoms with E-state index in [9.17, 15) is 18.0 Å². The first-order valence-electron chi connectivity index (χ1n) is 4.34. The minimum absolute atomic E-state index is 0.00896. The molecule has 0 bridgehead atoms. The molecular formula is C9H9F3O4. The van der Waals surface area contributed by atoms with E-state index in [1.54, 1.807) is 0 Å². The highest BCUT2D eigenvalue weighted by atomic mass is 19.4. The molecule has 0 saturated carbocycles. The Hall–Kier alpha value is -1.50. The maximum atomic E-state index is 11.7. The molecule has 16 heavy (non-hydrogen) atoms.